The van der Waals surface area contributed by atoms with E-state index in [1.807, 2.05) is 19.1 Å². The first-order valence-electron chi connectivity index (χ1n) is 13.9. The number of rotatable bonds is 6. The van der Waals surface area contributed by atoms with Gasteiger partial charge in [0.15, 0.2) is 0 Å². The molecule has 222 valence electrons. The summed E-state index contributed by atoms with van der Waals surface area (Å²) in [5.41, 5.74) is 3.88. The van der Waals surface area contributed by atoms with Gasteiger partial charge in [-0.25, -0.2) is 12.4 Å². The molecule has 11 heteroatoms. The van der Waals surface area contributed by atoms with Crippen LogP contribution < -0.4 is 11.1 Å². The first-order chi connectivity index (χ1) is 20.5. The fourth-order valence-corrected chi connectivity index (χ4v) is 7.42. The molecule has 0 saturated carbocycles. The van der Waals surface area contributed by atoms with Gasteiger partial charge in [0.25, 0.3) is 21.1 Å². The summed E-state index contributed by atoms with van der Waals surface area (Å²) >= 11 is 6.60. The highest BCUT2D eigenvalue weighted by molar-refractivity contribution is 7.90. The van der Waals surface area contributed by atoms with Crippen molar-refractivity contribution in [2.45, 2.75) is 18.4 Å². The van der Waals surface area contributed by atoms with Gasteiger partial charge in [-0.05, 0) is 47.9 Å². The number of ether oxygens (including phenoxy) is 1. The van der Waals surface area contributed by atoms with Crippen molar-refractivity contribution in [2.75, 3.05) is 26.3 Å². The third-order valence-electron chi connectivity index (χ3n) is 7.88. The van der Waals surface area contributed by atoms with E-state index in [9.17, 15) is 18.0 Å². The second-order valence-corrected chi connectivity index (χ2v) is 13.1. The Hall–Kier alpha value is -3.96. The highest BCUT2D eigenvalue weighted by atomic mass is 35.5. The van der Waals surface area contributed by atoms with Gasteiger partial charge in [-0.2, -0.15) is 0 Å². The minimum absolute atomic E-state index is 0.0105. The normalized spacial score (nSPS) is 14.4. The minimum atomic E-state index is -4.21. The predicted molar refractivity (Wildman–Crippen MR) is 168 cm³/mol. The lowest BCUT2D eigenvalue weighted by atomic mass is 9.94. The van der Waals surface area contributed by atoms with Crippen LogP contribution in [0.4, 0.5) is 0 Å². The first kappa shape index (κ1) is 29.1. The number of nitrogens with zero attached hydrogens (tertiary/aromatic N) is 4. The summed E-state index contributed by atoms with van der Waals surface area (Å²) in [4.78, 5) is 28.9. The molecule has 5 aromatic rings. The van der Waals surface area contributed by atoms with Crippen molar-refractivity contribution in [3.05, 3.63) is 110 Å². The van der Waals surface area contributed by atoms with E-state index in [0.29, 0.717) is 29.7 Å². The van der Waals surface area contributed by atoms with Crippen molar-refractivity contribution in [3.63, 3.8) is 0 Å². The SMILES string of the molecule is Cc1ccc(S(=O)(=O)n2c(Cl)cc3c(-c4cc(=O)n(C)cc4-c4cccc(CN5CCOCC5)c4)cn(C)c(=O)c32)cc1. The molecule has 1 aliphatic rings. The number of fused-ring (bicyclic) bond motifs is 1. The van der Waals surface area contributed by atoms with Gasteiger partial charge >= 0.3 is 0 Å². The van der Waals surface area contributed by atoms with Crippen molar-refractivity contribution in [1.82, 2.24) is 18.0 Å². The Bertz CT molecular complexity index is 2090. The van der Waals surface area contributed by atoms with E-state index < -0.39 is 15.6 Å². The maximum absolute atomic E-state index is 13.8. The van der Waals surface area contributed by atoms with Crippen LogP contribution in [0.15, 0.2) is 87.5 Å². The molecule has 4 heterocycles. The Morgan fingerprint density at radius 3 is 2.28 bits per heavy atom. The van der Waals surface area contributed by atoms with Crippen molar-refractivity contribution in [2.24, 2.45) is 14.1 Å². The zero-order valence-electron chi connectivity index (χ0n) is 24.1. The van der Waals surface area contributed by atoms with Gasteiger partial charge in [0.2, 0.25) is 0 Å². The van der Waals surface area contributed by atoms with Crippen LogP contribution in [0.5, 0.6) is 0 Å². The number of aromatic nitrogens is 3. The standard InChI is InChI=1S/C32H31ClN4O5S/c1-21-7-9-24(10-8-21)43(40,41)37-29(33)16-26-28(20-35(3)32(39)31(26)37)25-17-30(38)34(2)19-27(25)23-6-4-5-22(15-23)18-36-11-13-42-14-12-36/h4-10,15-17,19-20H,11-14,18H2,1-3H3. The number of aryl methyl sites for hydroxylation is 3. The van der Waals surface area contributed by atoms with Crippen LogP contribution in [0.25, 0.3) is 33.2 Å². The van der Waals surface area contributed by atoms with Crippen LogP contribution >= 0.6 is 11.6 Å². The summed E-state index contributed by atoms with van der Waals surface area (Å²) in [6.45, 7) is 5.74. The molecule has 0 amide bonds. The van der Waals surface area contributed by atoms with E-state index in [1.165, 1.54) is 33.4 Å². The number of benzene rings is 2. The molecule has 1 saturated heterocycles. The fraction of sp³-hybridized carbons (Fsp3) is 0.250. The highest BCUT2D eigenvalue weighted by Crippen LogP contribution is 2.38. The Morgan fingerprint density at radius 1 is 0.860 bits per heavy atom. The average molecular weight is 619 g/mol. The van der Waals surface area contributed by atoms with Gasteiger partial charge in [-0.1, -0.05) is 47.5 Å². The molecule has 1 fully saturated rings. The van der Waals surface area contributed by atoms with Crippen LogP contribution in [-0.4, -0.2) is 52.7 Å². The zero-order chi connectivity index (χ0) is 30.5. The second-order valence-electron chi connectivity index (χ2n) is 10.9. The molecule has 0 N–H and O–H groups in total. The molecular formula is C32H31ClN4O5S. The quantitative estimate of drug-likeness (QED) is 0.280. The van der Waals surface area contributed by atoms with Gasteiger partial charge in [0.1, 0.15) is 10.7 Å². The molecular weight excluding hydrogens is 588 g/mol. The number of morpholine rings is 1. The number of hydrogen-bond acceptors (Lipinski definition) is 6. The summed E-state index contributed by atoms with van der Waals surface area (Å²) in [5, 5.41) is 0.209. The smallest absolute Gasteiger partial charge is 0.275 e. The maximum atomic E-state index is 13.8. The second kappa shape index (κ2) is 11.3. The van der Waals surface area contributed by atoms with Crippen LogP contribution in [0, 0.1) is 6.92 Å². The number of pyridine rings is 2. The van der Waals surface area contributed by atoms with Crippen LogP contribution in [0.3, 0.4) is 0 Å². The fourth-order valence-electron chi connectivity index (χ4n) is 5.56. The molecule has 0 unspecified atom stereocenters. The predicted octanol–water partition coefficient (Wildman–Crippen LogP) is 4.40. The van der Waals surface area contributed by atoms with E-state index in [-0.39, 0.29) is 21.1 Å². The van der Waals surface area contributed by atoms with Crippen LogP contribution in [0.1, 0.15) is 11.1 Å². The number of halogens is 1. The van der Waals surface area contributed by atoms with Crippen molar-refractivity contribution >= 4 is 32.5 Å². The monoisotopic (exact) mass is 618 g/mol. The third-order valence-corrected chi connectivity index (χ3v) is 9.98. The largest absolute Gasteiger partial charge is 0.379 e. The maximum Gasteiger partial charge on any atom is 0.275 e. The molecule has 43 heavy (non-hydrogen) atoms. The van der Waals surface area contributed by atoms with Gasteiger partial charge in [0, 0.05) is 68.7 Å². The lowest BCUT2D eigenvalue weighted by Gasteiger charge is -2.26. The van der Waals surface area contributed by atoms with E-state index in [2.05, 4.69) is 17.0 Å². The molecule has 9 nitrogen and oxygen atoms in total. The summed E-state index contributed by atoms with van der Waals surface area (Å²) in [6, 6.07) is 17.5. The summed E-state index contributed by atoms with van der Waals surface area (Å²) < 4.78 is 36.8. The minimum Gasteiger partial charge on any atom is -0.379 e. The third kappa shape index (κ3) is 5.36. The molecule has 2 aromatic carbocycles. The van der Waals surface area contributed by atoms with Crippen LogP contribution in [-0.2, 0) is 35.4 Å². The highest BCUT2D eigenvalue weighted by Gasteiger charge is 2.27. The Balaban J connectivity index is 1.56. The van der Waals surface area contributed by atoms with E-state index >= 15 is 0 Å². The molecule has 0 aliphatic carbocycles. The van der Waals surface area contributed by atoms with Crippen molar-refractivity contribution in [1.29, 1.82) is 0 Å². The summed E-state index contributed by atoms with van der Waals surface area (Å²) in [7, 11) is -0.973. The molecule has 0 spiro atoms. The Morgan fingerprint density at radius 2 is 1.56 bits per heavy atom. The topological polar surface area (TPSA) is 95.5 Å². The molecule has 1 aliphatic heterocycles. The summed E-state index contributed by atoms with van der Waals surface area (Å²) in [5.74, 6) is 0. The van der Waals surface area contributed by atoms with Crippen molar-refractivity contribution in [3.8, 4) is 22.3 Å². The average Bonchev–Trinajstić information content (AvgIpc) is 3.35. The zero-order valence-corrected chi connectivity index (χ0v) is 25.7. The molecule has 0 bridgehead atoms. The number of hydrogen-bond donors (Lipinski definition) is 0. The molecule has 0 radical (unpaired) electrons. The Kier molecular flexibility index (Phi) is 7.64. The van der Waals surface area contributed by atoms with Gasteiger partial charge in [-0.3, -0.25) is 14.5 Å². The van der Waals surface area contributed by atoms with Gasteiger partial charge < -0.3 is 13.9 Å². The summed E-state index contributed by atoms with van der Waals surface area (Å²) in [6.07, 6.45) is 3.39. The lowest BCUT2D eigenvalue weighted by Crippen LogP contribution is -2.35. The lowest BCUT2D eigenvalue weighted by molar-refractivity contribution is 0.0342. The first-order valence-corrected chi connectivity index (χ1v) is 15.7. The molecule has 6 rings (SSSR count). The van der Waals surface area contributed by atoms with E-state index in [0.717, 1.165) is 45.9 Å². The van der Waals surface area contributed by atoms with Gasteiger partial charge in [0.05, 0.1) is 18.1 Å². The molecule has 0 atom stereocenters. The van der Waals surface area contributed by atoms with E-state index in [4.69, 9.17) is 16.3 Å². The Labute approximate surface area is 254 Å². The molecule has 3 aromatic heterocycles. The van der Waals surface area contributed by atoms with Gasteiger partial charge in [-0.15, -0.1) is 0 Å². The van der Waals surface area contributed by atoms with Crippen molar-refractivity contribution < 1.29 is 13.2 Å². The van der Waals surface area contributed by atoms with E-state index in [1.54, 1.807) is 38.6 Å². The van der Waals surface area contributed by atoms with Crippen LogP contribution in [0.2, 0.25) is 5.15 Å².